The van der Waals surface area contributed by atoms with Gasteiger partial charge in [-0.15, -0.1) is 0 Å². The van der Waals surface area contributed by atoms with Crippen molar-refractivity contribution in [2.45, 2.75) is 37.8 Å². The summed E-state index contributed by atoms with van der Waals surface area (Å²) in [6, 6.07) is 6.28. The third-order valence-corrected chi connectivity index (χ3v) is 7.13. The van der Waals surface area contributed by atoms with Crippen LogP contribution in [0.5, 0.6) is 0 Å². The van der Waals surface area contributed by atoms with E-state index >= 15 is 0 Å². The second-order valence-electron chi connectivity index (χ2n) is 7.33. The SMILES string of the molecule is CCCn1cc(S(=O)(=O)N2CCO[C@@H](c3nccnc3-c3ccccc3F)C2)c(C)n1. The highest BCUT2D eigenvalue weighted by Crippen LogP contribution is 2.32. The average molecular weight is 446 g/mol. The molecule has 8 nitrogen and oxygen atoms in total. The zero-order chi connectivity index (χ0) is 22.0. The summed E-state index contributed by atoms with van der Waals surface area (Å²) in [5.41, 5.74) is 1.51. The first-order valence-electron chi connectivity index (χ1n) is 10.1. The van der Waals surface area contributed by atoms with Gasteiger partial charge in [-0.05, 0) is 25.5 Å². The summed E-state index contributed by atoms with van der Waals surface area (Å²) < 4.78 is 49.9. The van der Waals surface area contributed by atoms with Crippen LogP contribution in [0.2, 0.25) is 0 Å². The van der Waals surface area contributed by atoms with Crippen LogP contribution in [0.4, 0.5) is 4.39 Å². The molecule has 1 fully saturated rings. The largest absolute Gasteiger partial charge is 0.369 e. The maximum atomic E-state index is 14.4. The molecule has 4 rings (SSSR count). The molecule has 2 aromatic heterocycles. The van der Waals surface area contributed by atoms with E-state index in [0.29, 0.717) is 29.2 Å². The number of benzene rings is 1. The second-order valence-corrected chi connectivity index (χ2v) is 9.24. The van der Waals surface area contributed by atoms with Crippen molar-refractivity contribution in [1.29, 1.82) is 0 Å². The maximum absolute atomic E-state index is 14.4. The lowest BCUT2D eigenvalue weighted by atomic mass is 10.1. The molecule has 3 aromatic rings. The van der Waals surface area contributed by atoms with Crippen molar-refractivity contribution in [3.8, 4) is 11.3 Å². The Balaban J connectivity index is 1.65. The zero-order valence-corrected chi connectivity index (χ0v) is 18.2. The standard InChI is InChI=1S/C21H24FN5O3S/c1-3-10-26-14-19(15(2)25-26)31(28,29)27-11-12-30-18(13-27)21-20(23-8-9-24-21)16-6-4-5-7-17(16)22/h4-9,14,18H,3,10-13H2,1-2H3/t18-/m1/s1. The van der Waals surface area contributed by atoms with Crippen molar-refractivity contribution in [3.63, 3.8) is 0 Å². The quantitative estimate of drug-likeness (QED) is 0.580. The van der Waals surface area contributed by atoms with Gasteiger partial charge in [-0.2, -0.15) is 9.40 Å². The third-order valence-electron chi connectivity index (χ3n) is 5.16. The molecule has 3 heterocycles. The van der Waals surface area contributed by atoms with Gasteiger partial charge in [0.25, 0.3) is 0 Å². The number of morpholine rings is 1. The number of hydrogen-bond donors (Lipinski definition) is 0. The molecular weight excluding hydrogens is 421 g/mol. The van der Waals surface area contributed by atoms with Crippen LogP contribution in [0.25, 0.3) is 11.3 Å². The van der Waals surface area contributed by atoms with E-state index < -0.39 is 21.9 Å². The fourth-order valence-electron chi connectivity index (χ4n) is 3.69. The van der Waals surface area contributed by atoms with Gasteiger partial charge in [-0.25, -0.2) is 12.8 Å². The van der Waals surface area contributed by atoms with Gasteiger partial charge in [0.1, 0.15) is 16.8 Å². The summed E-state index contributed by atoms with van der Waals surface area (Å²) >= 11 is 0. The average Bonchev–Trinajstić information content (AvgIpc) is 3.15. The van der Waals surface area contributed by atoms with Crippen molar-refractivity contribution >= 4 is 10.0 Å². The number of ether oxygens (including phenoxy) is 1. The molecule has 0 unspecified atom stereocenters. The molecule has 0 saturated carbocycles. The fourth-order valence-corrected chi connectivity index (χ4v) is 5.28. The van der Waals surface area contributed by atoms with Crippen LogP contribution in [0.1, 0.15) is 30.8 Å². The minimum Gasteiger partial charge on any atom is -0.369 e. The topological polar surface area (TPSA) is 90.2 Å². The summed E-state index contributed by atoms with van der Waals surface area (Å²) in [5.74, 6) is -0.427. The van der Waals surface area contributed by atoms with Crippen LogP contribution >= 0.6 is 0 Å². The van der Waals surface area contributed by atoms with Crippen LogP contribution in [-0.2, 0) is 21.3 Å². The summed E-state index contributed by atoms with van der Waals surface area (Å²) in [6.45, 7) is 4.81. The molecule has 164 valence electrons. The molecule has 0 radical (unpaired) electrons. The lowest BCUT2D eigenvalue weighted by Crippen LogP contribution is -2.42. The molecule has 1 aromatic carbocycles. The molecule has 0 spiro atoms. The highest BCUT2D eigenvalue weighted by Gasteiger charge is 2.35. The Bertz CT molecular complexity index is 1180. The Labute approximate surface area is 180 Å². The predicted octanol–water partition coefficient (Wildman–Crippen LogP) is 2.96. The van der Waals surface area contributed by atoms with E-state index in [0.717, 1.165) is 6.42 Å². The first kappa shape index (κ1) is 21.5. The molecule has 0 aliphatic carbocycles. The molecule has 0 amide bonds. The molecule has 1 saturated heterocycles. The number of rotatable bonds is 6. The minimum absolute atomic E-state index is 0.0564. The van der Waals surface area contributed by atoms with E-state index in [2.05, 4.69) is 15.1 Å². The first-order chi connectivity index (χ1) is 14.9. The van der Waals surface area contributed by atoms with Crippen LogP contribution in [0, 0.1) is 12.7 Å². The minimum atomic E-state index is -3.77. The monoisotopic (exact) mass is 445 g/mol. The first-order valence-corrected chi connectivity index (χ1v) is 11.6. The number of nitrogens with zero attached hydrogens (tertiary/aromatic N) is 5. The lowest BCUT2D eigenvalue weighted by Gasteiger charge is -2.32. The van der Waals surface area contributed by atoms with Crippen molar-refractivity contribution in [2.24, 2.45) is 0 Å². The van der Waals surface area contributed by atoms with E-state index in [4.69, 9.17) is 4.74 Å². The Hall–Kier alpha value is -2.69. The van der Waals surface area contributed by atoms with E-state index in [-0.39, 0.29) is 24.6 Å². The summed E-state index contributed by atoms with van der Waals surface area (Å²) in [4.78, 5) is 8.86. The van der Waals surface area contributed by atoms with Crippen molar-refractivity contribution in [3.05, 3.63) is 60.1 Å². The molecule has 10 heteroatoms. The van der Waals surface area contributed by atoms with E-state index in [9.17, 15) is 12.8 Å². The number of aromatic nitrogens is 4. The summed E-state index contributed by atoms with van der Waals surface area (Å²) in [5, 5.41) is 4.32. The molecule has 1 atom stereocenters. The molecule has 0 N–H and O–H groups in total. The molecular formula is C21H24FN5O3S. The fraction of sp³-hybridized carbons (Fsp3) is 0.381. The zero-order valence-electron chi connectivity index (χ0n) is 17.4. The van der Waals surface area contributed by atoms with Gasteiger partial charge >= 0.3 is 0 Å². The van der Waals surface area contributed by atoms with Gasteiger partial charge in [0.2, 0.25) is 10.0 Å². The smallest absolute Gasteiger partial charge is 0.246 e. The number of sulfonamides is 1. The van der Waals surface area contributed by atoms with E-state index in [1.165, 1.54) is 22.8 Å². The van der Waals surface area contributed by atoms with Crippen LogP contribution in [0.15, 0.2) is 47.8 Å². The number of halogens is 1. The van der Waals surface area contributed by atoms with Gasteiger partial charge in [0.15, 0.2) is 0 Å². The third kappa shape index (κ3) is 4.23. The van der Waals surface area contributed by atoms with E-state index in [1.807, 2.05) is 6.92 Å². The molecule has 0 bridgehead atoms. The van der Waals surface area contributed by atoms with Crippen molar-refractivity contribution in [1.82, 2.24) is 24.1 Å². The van der Waals surface area contributed by atoms with Crippen LogP contribution in [-0.4, -0.2) is 52.2 Å². The van der Waals surface area contributed by atoms with Crippen LogP contribution < -0.4 is 0 Å². The number of aryl methyl sites for hydroxylation is 2. The number of hydrogen-bond acceptors (Lipinski definition) is 6. The van der Waals surface area contributed by atoms with Gasteiger partial charge in [-0.1, -0.05) is 19.1 Å². The summed E-state index contributed by atoms with van der Waals surface area (Å²) in [6.07, 6.45) is 4.74. The lowest BCUT2D eigenvalue weighted by molar-refractivity contribution is -0.00479. The predicted molar refractivity (Wildman–Crippen MR) is 112 cm³/mol. The Morgan fingerprint density at radius 2 is 2.00 bits per heavy atom. The van der Waals surface area contributed by atoms with Gasteiger partial charge < -0.3 is 4.74 Å². The second kappa shape index (κ2) is 8.81. The van der Waals surface area contributed by atoms with Gasteiger partial charge in [0.05, 0.1) is 23.7 Å². The molecule has 31 heavy (non-hydrogen) atoms. The van der Waals surface area contributed by atoms with Crippen LogP contribution in [0.3, 0.4) is 0 Å². The Morgan fingerprint density at radius 3 is 2.77 bits per heavy atom. The van der Waals surface area contributed by atoms with Gasteiger partial charge in [-0.3, -0.25) is 14.6 Å². The van der Waals surface area contributed by atoms with Crippen molar-refractivity contribution < 1.29 is 17.5 Å². The Kier molecular flexibility index (Phi) is 6.12. The van der Waals surface area contributed by atoms with E-state index in [1.54, 1.807) is 36.0 Å². The van der Waals surface area contributed by atoms with Crippen molar-refractivity contribution in [2.75, 3.05) is 19.7 Å². The van der Waals surface area contributed by atoms with Gasteiger partial charge in [0, 0.05) is 43.8 Å². The normalized spacial score (nSPS) is 17.7. The highest BCUT2D eigenvalue weighted by molar-refractivity contribution is 7.89. The summed E-state index contributed by atoms with van der Waals surface area (Å²) in [7, 11) is -3.77. The molecule has 1 aliphatic rings. The molecule has 1 aliphatic heterocycles. The highest BCUT2D eigenvalue weighted by atomic mass is 32.2. The maximum Gasteiger partial charge on any atom is 0.246 e. The Morgan fingerprint density at radius 1 is 1.23 bits per heavy atom.